The fourth-order valence-corrected chi connectivity index (χ4v) is 2.29. The molecule has 8 nitrogen and oxygen atoms in total. The number of benzene rings is 1. The van der Waals surface area contributed by atoms with Crippen LogP contribution in [0.25, 0.3) is 0 Å². The molecule has 0 saturated heterocycles. The Labute approximate surface area is 136 Å². The number of esters is 1. The molecule has 0 aliphatic carbocycles. The van der Waals surface area contributed by atoms with Crippen LogP contribution in [-0.2, 0) is 19.1 Å². The Balaban J connectivity index is 2.33. The van der Waals surface area contributed by atoms with Crippen LogP contribution < -0.4 is 21.5 Å². The van der Waals surface area contributed by atoms with Crippen molar-refractivity contribution in [1.82, 2.24) is 0 Å². The molecule has 1 heterocycles. The van der Waals surface area contributed by atoms with Gasteiger partial charge in [-0.1, -0.05) is 11.6 Å². The zero-order valence-corrected chi connectivity index (χ0v) is 12.8. The molecule has 2 amide bonds. The van der Waals surface area contributed by atoms with Gasteiger partial charge in [-0.2, -0.15) is 0 Å². The number of halogens is 1. The van der Waals surface area contributed by atoms with Crippen LogP contribution in [-0.4, -0.2) is 31.0 Å². The number of carbonyl (C=O) groups excluding carboxylic acids is 3. The molecule has 0 unspecified atom stereocenters. The van der Waals surface area contributed by atoms with Gasteiger partial charge in [-0.3, -0.25) is 9.59 Å². The van der Waals surface area contributed by atoms with Gasteiger partial charge in [-0.25, -0.2) is 4.79 Å². The Morgan fingerprint density at radius 3 is 2.30 bits per heavy atom. The zero-order chi connectivity index (χ0) is 17.1. The summed E-state index contributed by atoms with van der Waals surface area (Å²) < 4.78 is 9.99. The number of nitrogens with one attached hydrogen (secondary N) is 1. The number of nitrogens with two attached hydrogens (primary N) is 2. The quantitative estimate of drug-likeness (QED) is 0.496. The van der Waals surface area contributed by atoms with Gasteiger partial charge in [0.25, 0.3) is 0 Å². The average Bonchev–Trinajstić information content (AvgIpc) is 2.75. The number of rotatable bonds is 6. The molecular weight excluding hydrogens is 326 g/mol. The first-order valence-corrected chi connectivity index (χ1v) is 6.83. The van der Waals surface area contributed by atoms with Gasteiger partial charge >= 0.3 is 5.97 Å². The second-order valence-electron chi connectivity index (χ2n) is 4.69. The predicted octanol–water partition coefficient (Wildman–Crippen LogP) is 0.0697. The molecule has 0 radical (unpaired) electrons. The van der Waals surface area contributed by atoms with Gasteiger partial charge in [-0.05, 0) is 24.3 Å². The fourth-order valence-electron chi connectivity index (χ4n) is 2.09. The first kappa shape index (κ1) is 16.6. The smallest absolute Gasteiger partial charge is 0.352 e. The number of carbonyl (C=O) groups is 3. The second-order valence-corrected chi connectivity index (χ2v) is 5.07. The van der Waals surface area contributed by atoms with Crippen molar-refractivity contribution < 1.29 is 23.9 Å². The lowest BCUT2D eigenvalue weighted by atomic mass is 9.98. The highest BCUT2D eigenvalue weighted by molar-refractivity contribution is 6.42. The summed E-state index contributed by atoms with van der Waals surface area (Å²) >= 11 is 5.90. The minimum atomic E-state index is -1.53. The first-order chi connectivity index (χ1) is 10.8. The van der Waals surface area contributed by atoms with Crippen LogP contribution in [0.3, 0.4) is 0 Å². The van der Waals surface area contributed by atoms with Gasteiger partial charge in [0.15, 0.2) is 12.0 Å². The lowest BCUT2D eigenvalue weighted by Gasteiger charge is -2.20. The summed E-state index contributed by atoms with van der Waals surface area (Å²) in [5.74, 6) is -3.82. The molecule has 1 aromatic rings. The molecule has 1 aliphatic heterocycles. The maximum absolute atomic E-state index is 11.7. The van der Waals surface area contributed by atoms with Crippen LogP contribution in [0.4, 0.5) is 5.69 Å². The molecule has 0 aromatic heterocycles. The van der Waals surface area contributed by atoms with Crippen LogP contribution in [0.1, 0.15) is 0 Å². The molecule has 23 heavy (non-hydrogen) atoms. The largest absolute Gasteiger partial charge is 0.497 e. The predicted molar refractivity (Wildman–Crippen MR) is 81.3 cm³/mol. The van der Waals surface area contributed by atoms with E-state index < -0.39 is 29.8 Å². The number of cyclic esters (lactones) is 1. The van der Waals surface area contributed by atoms with E-state index in [1.54, 1.807) is 24.3 Å². The highest BCUT2D eigenvalue weighted by atomic mass is 35.5. The minimum absolute atomic E-state index is 0.0458. The number of hydrogen-bond acceptors (Lipinski definition) is 6. The molecule has 0 bridgehead atoms. The van der Waals surface area contributed by atoms with Crippen molar-refractivity contribution in [3.05, 3.63) is 35.0 Å². The summed E-state index contributed by atoms with van der Waals surface area (Å²) in [4.78, 5) is 34.5. The van der Waals surface area contributed by atoms with Crippen LogP contribution in [0.15, 0.2) is 35.0 Å². The van der Waals surface area contributed by atoms with Crippen molar-refractivity contribution in [2.24, 2.45) is 17.4 Å². The third-order valence-corrected chi connectivity index (χ3v) is 3.58. The summed E-state index contributed by atoms with van der Waals surface area (Å²) in [6.45, 7) is 0. The van der Waals surface area contributed by atoms with Crippen molar-refractivity contribution in [3.63, 3.8) is 0 Å². The molecule has 5 N–H and O–H groups in total. The van der Waals surface area contributed by atoms with Gasteiger partial charge in [0.2, 0.25) is 11.8 Å². The zero-order valence-electron chi connectivity index (χ0n) is 12.0. The maximum Gasteiger partial charge on any atom is 0.352 e. The molecular formula is C14H14ClN3O5. The van der Waals surface area contributed by atoms with Crippen molar-refractivity contribution >= 4 is 35.1 Å². The number of hydrogen-bond donors (Lipinski definition) is 3. The molecule has 1 atom stereocenters. The van der Waals surface area contributed by atoms with Crippen LogP contribution in [0.2, 0.25) is 0 Å². The topological polar surface area (TPSA) is 134 Å². The number of anilines is 1. The van der Waals surface area contributed by atoms with E-state index in [9.17, 15) is 14.4 Å². The first-order valence-electron chi connectivity index (χ1n) is 6.45. The Bertz CT molecular complexity index is 672. The molecule has 1 aliphatic rings. The van der Waals surface area contributed by atoms with Crippen LogP contribution in [0, 0.1) is 5.92 Å². The highest BCUT2D eigenvalue weighted by Gasteiger charge is 2.44. The third kappa shape index (κ3) is 3.37. The van der Waals surface area contributed by atoms with Gasteiger partial charge in [-0.15, -0.1) is 0 Å². The van der Waals surface area contributed by atoms with E-state index in [1.807, 2.05) is 0 Å². The summed E-state index contributed by atoms with van der Waals surface area (Å²) in [5, 5.41) is 2.56. The monoisotopic (exact) mass is 339 g/mol. The molecule has 0 fully saturated rings. The summed E-state index contributed by atoms with van der Waals surface area (Å²) in [5.41, 5.74) is 10.9. The van der Waals surface area contributed by atoms with E-state index in [1.165, 1.54) is 7.11 Å². The lowest BCUT2D eigenvalue weighted by Crippen LogP contribution is -2.45. The minimum Gasteiger partial charge on any atom is -0.497 e. The number of amides is 2. The molecule has 122 valence electrons. The van der Waals surface area contributed by atoms with Crippen molar-refractivity contribution in [2.75, 3.05) is 12.4 Å². The fraction of sp³-hybridized carbons (Fsp3) is 0.214. The Hall–Kier alpha value is -2.74. The standard InChI is InChI=1S/C14H14ClN3O5/c1-22-7-4-2-6(3-5-7)18-10-9(15)14(21)23-11(10)8(12(16)19)13(17)20/h2-5,8,11,18H,1H3,(H2,16,19)(H2,17,20)/t11-/m0/s1. The highest BCUT2D eigenvalue weighted by Crippen LogP contribution is 2.31. The van der Waals surface area contributed by atoms with Crippen molar-refractivity contribution in [1.29, 1.82) is 0 Å². The normalized spacial score (nSPS) is 17.2. The van der Waals surface area contributed by atoms with Gasteiger partial charge in [0.1, 0.15) is 10.8 Å². The van der Waals surface area contributed by atoms with E-state index in [0.717, 1.165) is 0 Å². The van der Waals surface area contributed by atoms with Gasteiger partial charge in [0.05, 0.1) is 12.8 Å². The van der Waals surface area contributed by atoms with Gasteiger partial charge in [0, 0.05) is 5.69 Å². The molecule has 0 spiro atoms. The molecule has 9 heteroatoms. The van der Waals surface area contributed by atoms with E-state index in [0.29, 0.717) is 11.4 Å². The number of methoxy groups -OCH3 is 1. The molecule has 2 rings (SSSR count). The Morgan fingerprint density at radius 1 is 1.26 bits per heavy atom. The van der Waals surface area contributed by atoms with Crippen molar-refractivity contribution in [3.8, 4) is 5.75 Å². The maximum atomic E-state index is 11.7. The molecule has 0 saturated carbocycles. The Kier molecular flexibility index (Phi) is 4.75. The second kappa shape index (κ2) is 6.57. The number of primary amides is 2. The Morgan fingerprint density at radius 2 is 1.83 bits per heavy atom. The van der Waals surface area contributed by atoms with E-state index in [4.69, 9.17) is 32.5 Å². The van der Waals surface area contributed by atoms with E-state index in [-0.39, 0.29) is 10.7 Å². The van der Waals surface area contributed by atoms with E-state index >= 15 is 0 Å². The number of ether oxygens (including phenoxy) is 2. The summed E-state index contributed by atoms with van der Waals surface area (Å²) in [7, 11) is 1.52. The van der Waals surface area contributed by atoms with E-state index in [2.05, 4.69) is 5.32 Å². The van der Waals surface area contributed by atoms with Crippen LogP contribution in [0.5, 0.6) is 5.75 Å². The average molecular weight is 340 g/mol. The third-order valence-electron chi connectivity index (χ3n) is 3.22. The molecule has 1 aromatic carbocycles. The van der Waals surface area contributed by atoms with Crippen LogP contribution >= 0.6 is 11.6 Å². The van der Waals surface area contributed by atoms with Crippen molar-refractivity contribution in [2.45, 2.75) is 6.10 Å². The van der Waals surface area contributed by atoms with Gasteiger partial charge < -0.3 is 26.3 Å². The lowest BCUT2D eigenvalue weighted by molar-refractivity contribution is -0.146. The SMILES string of the molecule is COc1ccc(NC2=C(Cl)C(=O)O[C@H]2C(C(N)=O)C(N)=O)cc1. The summed E-state index contributed by atoms with van der Waals surface area (Å²) in [6.07, 6.45) is -1.30. The summed E-state index contributed by atoms with van der Waals surface area (Å²) in [6, 6.07) is 6.64.